The Hall–Kier alpha value is -0.860. The average molecular weight is 417 g/mol. The van der Waals surface area contributed by atoms with Gasteiger partial charge in [0.15, 0.2) is 15.0 Å². The van der Waals surface area contributed by atoms with Crippen molar-refractivity contribution in [2.24, 2.45) is 4.99 Å². The van der Waals surface area contributed by atoms with E-state index in [2.05, 4.69) is 20.9 Å². The largest absolute Gasteiger partial charge is 0.315 e. The Balaban J connectivity index is 2.14. The fourth-order valence-corrected chi connectivity index (χ4v) is 7.87. The van der Waals surface area contributed by atoms with Gasteiger partial charge in [-0.05, 0) is 37.1 Å². The van der Waals surface area contributed by atoms with E-state index in [1.165, 1.54) is 18.7 Å². The molecule has 1 amide bonds. The second-order valence-electron chi connectivity index (χ2n) is 5.97. The van der Waals surface area contributed by atoms with Crippen molar-refractivity contribution in [3.8, 4) is 0 Å². The van der Waals surface area contributed by atoms with E-state index in [9.17, 15) is 13.2 Å². The first kappa shape index (κ1) is 17.0. The Morgan fingerprint density at radius 1 is 1.30 bits per heavy atom. The molecule has 124 valence electrons. The summed E-state index contributed by atoms with van der Waals surface area (Å²) in [5, 5.41) is 0.538. The number of halogens is 1. The van der Waals surface area contributed by atoms with E-state index >= 15 is 0 Å². The number of aliphatic imine (C=N–C) groups is 1. The average Bonchev–Trinajstić information content (AvgIpc) is 2.81. The summed E-state index contributed by atoms with van der Waals surface area (Å²) in [5.74, 6) is -0.0197. The molecular formula is C15H17BrN2O3S2. The highest BCUT2D eigenvalue weighted by Crippen LogP contribution is 2.43. The van der Waals surface area contributed by atoms with Gasteiger partial charge in [0, 0.05) is 22.3 Å². The molecule has 2 heterocycles. The van der Waals surface area contributed by atoms with Gasteiger partial charge in [0.05, 0.1) is 17.5 Å². The highest BCUT2D eigenvalue weighted by Gasteiger charge is 2.49. The van der Waals surface area contributed by atoms with Crippen molar-refractivity contribution in [2.45, 2.75) is 32.1 Å². The van der Waals surface area contributed by atoms with Crippen LogP contribution in [-0.4, -0.2) is 42.3 Å². The van der Waals surface area contributed by atoms with Gasteiger partial charge in [0.25, 0.3) is 0 Å². The monoisotopic (exact) mass is 416 g/mol. The van der Waals surface area contributed by atoms with E-state index in [0.717, 1.165) is 21.3 Å². The quantitative estimate of drug-likeness (QED) is 0.703. The van der Waals surface area contributed by atoms with Crippen molar-refractivity contribution in [1.29, 1.82) is 0 Å². The van der Waals surface area contributed by atoms with Crippen LogP contribution in [0.1, 0.15) is 18.1 Å². The predicted molar refractivity (Wildman–Crippen MR) is 98.0 cm³/mol. The number of amidine groups is 1. The first-order valence-corrected chi connectivity index (χ1v) is 10.7. The molecule has 0 bridgehead atoms. The summed E-state index contributed by atoms with van der Waals surface area (Å²) in [6.45, 7) is 5.39. The number of carbonyl (C=O) groups is 1. The van der Waals surface area contributed by atoms with Crippen LogP contribution >= 0.6 is 27.7 Å². The molecule has 8 heteroatoms. The maximum atomic E-state index is 12.0. The Morgan fingerprint density at radius 2 is 1.91 bits per heavy atom. The normalized spacial score (nSPS) is 27.5. The van der Waals surface area contributed by atoms with Gasteiger partial charge in [0.1, 0.15) is 0 Å². The van der Waals surface area contributed by atoms with Crippen LogP contribution in [0.25, 0.3) is 0 Å². The number of sulfone groups is 1. The van der Waals surface area contributed by atoms with Crippen LogP contribution in [-0.2, 0) is 14.6 Å². The van der Waals surface area contributed by atoms with Gasteiger partial charge in [0.2, 0.25) is 5.91 Å². The number of aryl methyl sites for hydroxylation is 2. The molecule has 5 nitrogen and oxygen atoms in total. The smallest absolute Gasteiger partial charge is 0.244 e. The van der Waals surface area contributed by atoms with Crippen LogP contribution in [0.5, 0.6) is 0 Å². The molecule has 2 atom stereocenters. The number of amides is 1. The molecule has 0 spiro atoms. The van der Waals surface area contributed by atoms with E-state index in [1.54, 1.807) is 0 Å². The Kier molecular flexibility index (Phi) is 4.35. The molecule has 0 saturated carbocycles. The summed E-state index contributed by atoms with van der Waals surface area (Å²) in [5.41, 5.74) is 3.00. The zero-order chi connectivity index (χ0) is 16.9. The van der Waals surface area contributed by atoms with Crippen molar-refractivity contribution < 1.29 is 13.2 Å². The number of carbonyl (C=O) groups excluding carboxylic acids is 1. The van der Waals surface area contributed by atoms with Gasteiger partial charge in [-0.1, -0.05) is 27.7 Å². The Labute approximate surface area is 148 Å². The lowest BCUT2D eigenvalue weighted by atomic mass is 10.1. The second kappa shape index (κ2) is 5.89. The van der Waals surface area contributed by atoms with Gasteiger partial charge in [-0.15, -0.1) is 0 Å². The molecule has 0 unspecified atom stereocenters. The Morgan fingerprint density at radius 3 is 2.48 bits per heavy atom. The molecule has 3 rings (SSSR count). The molecule has 2 aliphatic rings. The number of anilines is 1. The molecule has 2 fully saturated rings. The van der Waals surface area contributed by atoms with Crippen molar-refractivity contribution in [3.05, 3.63) is 27.7 Å². The third kappa shape index (κ3) is 3.21. The van der Waals surface area contributed by atoms with Crippen LogP contribution < -0.4 is 4.90 Å². The van der Waals surface area contributed by atoms with Crippen molar-refractivity contribution in [3.63, 3.8) is 0 Å². The maximum Gasteiger partial charge on any atom is 0.244 e. The number of hydrogen-bond donors (Lipinski definition) is 0. The number of nitrogens with zero attached hydrogens (tertiary/aromatic N) is 2. The highest BCUT2D eigenvalue weighted by atomic mass is 79.9. The molecule has 0 aromatic heterocycles. The SMILES string of the molecule is CC(=O)N=C1S[C@H]2CS(=O)(=O)C[C@H]2N1c1c(C)cc(Br)cc1C. The minimum Gasteiger partial charge on any atom is -0.315 e. The number of benzene rings is 1. The van der Waals surface area contributed by atoms with Crippen molar-refractivity contribution >= 4 is 54.3 Å². The fraction of sp³-hybridized carbons (Fsp3) is 0.467. The summed E-state index contributed by atoms with van der Waals surface area (Å²) in [7, 11) is -3.04. The van der Waals surface area contributed by atoms with Crippen LogP contribution in [0.4, 0.5) is 5.69 Å². The topological polar surface area (TPSA) is 66.8 Å². The molecule has 2 saturated heterocycles. The van der Waals surface area contributed by atoms with Crippen LogP contribution in [0.15, 0.2) is 21.6 Å². The van der Waals surface area contributed by atoms with E-state index < -0.39 is 9.84 Å². The highest BCUT2D eigenvalue weighted by molar-refractivity contribution is 9.10. The standard InChI is InChI=1S/C15H17BrN2O3S2/c1-8-4-11(16)5-9(2)14(8)18-12-6-23(20,21)7-13(12)22-15(18)17-10(3)19/h4-5,12-13H,6-7H2,1-3H3/t12-,13+/m1/s1. The van der Waals surface area contributed by atoms with E-state index in [1.807, 2.05) is 30.9 Å². The lowest BCUT2D eigenvalue weighted by Crippen LogP contribution is -2.38. The second-order valence-corrected chi connectivity index (χ2v) is 10.2. The van der Waals surface area contributed by atoms with Gasteiger partial charge in [-0.3, -0.25) is 4.79 Å². The van der Waals surface area contributed by atoms with Crippen LogP contribution in [0.3, 0.4) is 0 Å². The summed E-state index contributed by atoms with van der Waals surface area (Å²) < 4.78 is 25.0. The fourth-order valence-electron chi connectivity index (χ4n) is 3.24. The summed E-state index contributed by atoms with van der Waals surface area (Å²) in [6.07, 6.45) is 0. The predicted octanol–water partition coefficient (Wildman–Crippen LogP) is 2.69. The van der Waals surface area contributed by atoms with E-state index in [4.69, 9.17) is 0 Å². The number of thioether (sulfide) groups is 1. The molecular weight excluding hydrogens is 400 g/mol. The minimum atomic E-state index is -3.04. The van der Waals surface area contributed by atoms with Gasteiger partial charge >= 0.3 is 0 Å². The van der Waals surface area contributed by atoms with Crippen molar-refractivity contribution in [2.75, 3.05) is 16.4 Å². The first-order valence-electron chi connectivity index (χ1n) is 7.20. The molecule has 0 radical (unpaired) electrons. The van der Waals surface area contributed by atoms with Crippen LogP contribution in [0, 0.1) is 13.8 Å². The maximum absolute atomic E-state index is 12.0. The zero-order valence-electron chi connectivity index (χ0n) is 13.0. The number of fused-ring (bicyclic) bond motifs is 1. The minimum absolute atomic E-state index is 0.0689. The lowest BCUT2D eigenvalue weighted by molar-refractivity contribution is -0.115. The van der Waals surface area contributed by atoms with Crippen LogP contribution in [0.2, 0.25) is 0 Å². The molecule has 23 heavy (non-hydrogen) atoms. The van der Waals surface area contributed by atoms with Gasteiger partial charge in [-0.2, -0.15) is 4.99 Å². The zero-order valence-corrected chi connectivity index (χ0v) is 16.3. The summed E-state index contributed by atoms with van der Waals surface area (Å²) in [6, 6.07) is 3.83. The lowest BCUT2D eigenvalue weighted by Gasteiger charge is -2.28. The first-order chi connectivity index (χ1) is 10.7. The molecule has 0 N–H and O–H groups in total. The van der Waals surface area contributed by atoms with E-state index in [-0.39, 0.29) is 28.7 Å². The molecule has 0 aliphatic carbocycles. The number of hydrogen-bond acceptors (Lipinski definition) is 4. The molecule has 1 aromatic carbocycles. The number of rotatable bonds is 1. The van der Waals surface area contributed by atoms with Gasteiger partial charge < -0.3 is 4.90 Å². The summed E-state index contributed by atoms with van der Waals surface area (Å²) in [4.78, 5) is 17.6. The molecule has 2 aliphatic heterocycles. The van der Waals surface area contributed by atoms with Crippen molar-refractivity contribution in [1.82, 2.24) is 0 Å². The Bertz CT molecular complexity index is 797. The summed E-state index contributed by atoms with van der Waals surface area (Å²) >= 11 is 4.88. The van der Waals surface area contributed by atoms with Gasteiger partial charge in [-0.25, -0.2) is 8.42 Å². The van der Waals surface area contributed by atoms with E-state index in [0.29, 0.717) is 5.17 Å². The molecule has 1 aromatic rings. The third-order valence-corrected chi connectivity index (χ3v) is 7.68. The third-order valence-electron chi connectivity index (χ3n) is 4.02.